The van der Waals surface area contributed by atoms with Crippen LogP contribution in [0.25, 0.3) is 0 Å². The van der Waals surface area contributed by atoms with Crippen LogP contribution in [0.4, 0.5) is 0 Å². The van der Waals surface area contributed by atoms with Crippen LogP contribution in [0.3, 0.4) is 0 Å². The number of rotatable bonds is 5. The van der Waals surface area contributed by atoms with Crippen LogP contribution in [0.1, 0.15) is 49.3 Å². The Morgan fingerprint density at radius 3 is 2.39 bits per heavy atom. The maximum absolute atomic E-state index is 3.47. The molecule has 1 aliphatic carbocycles. The van der Waals surface area contributed by atoms with Crippen LogP contribution >= 0.6 is 0 Å². The van der Waals surface area contributed by atoms with Gasteiger partial charge in [0.05, 0.1) is 0 Å². The molecule has 1 saturated heterocycles. The minimum atomic E-state index is 0.525. The third-order valence-electron chi connectivity index (χ3n) is 5.75. The Bertz CT molecular complexity index is 458. The monoisotopic (exact) mass is 315 g/mol. The minimum absolute atomic E-state index is 0.525. The summed E-state index contributed by atoms with van der Waals surface area (Å²) in [6, 6.07) is 10.5. The first-order valence-corrected chi connectivity index (χ1v) is 9.45. The highest BCUT2D eigenvalue weighted by Crippen LogP contribution is 2.30. The van der Waals surface area contributed by atoms with Gasteiger partial charge in [0.15, 0.2) is 0 Å². The van der Waals surface area contributed by atoms with Crippen molar-refractivity contribution in [3.05, 3.63) is 35.4 Å². The highest BCUT2D eigenvalue weighted by Gasteiger charge is 2.27. The summed E-state index contributed by atoms with van der Waals surface area (Å²) < 4.78 is 0. The van der Waals surface area contributed by atoms with Crippen molar-refractivity contribution >= 4 is 0 Å². The molecule has 0 aromatic heterocycles. The van der Waals surface area contributed by atoms with E-state index in [9.17, 15) is 0 Å². The Kier molecular flexibility index (Phi) is 6.09. The highest BCUT2D eigenvalue weighted by atomic mass is 15.2. The number of likely N-dealkylation sites (N-methyl/N-ethyl adjacent to an activating group) is 1. The lowest BCUT2D eigenvalue weighted by atomic mass is 9.92. The van der Waals surface area contributed by atoms with Crippen molar-refractivity contribution in [2.75, 3.05) is 39.8 Å². The molecule has 1 heterocycles. The standard InChI is InChI=1S/C20H33N3/c1-17-8-10-18(11-9-17)20(16-23-14-12-21-13-15-23)22(2)19-6-4-3-5-7-19/h8-11,19-21H,3-7,12-16H2,1-2H3. The summed E-state index contributed by atoms with van der Waals surface area (Å²) in [5.41, 5.74) is 2.84. The SMILES string of the molecule is Cc1ccc(C(CN2CCNCC2)N(C)C2CCCCC2)cc1. The number of hydrogen-bond donors (Lipinski definition) is 1. The molecule has 2 aliphatic rings. The second-order valence-electron chi connectivity index (χ2n) is 7.43. The molecule has 1 atom stereocenters. The van der Waals surface area contributed by atoms with Gasteiger partial charge in [-0.1, -0.05) is 49.1 Å². The van der Waals surface area contributed by atoms with Gasteiger partial charge in [-0.3, -0.25) is 9.80 Å². The van der Waals surface area contributed by atoms with Gasteiger partial charge in [-0.15, -0.1) is 0 Å². The van der Waals surface area contributed by atoms with Gasteiger partial charge in [0.1, 0.15) is 0 Å². The van der Waals surface area contributed by atoms with Crippen molar-refractivity contribution in [1.82, 2.24) is 15.1 Å². The summed E-state index contributed by atoms with van der Waals surface area (Å²) in [6.07, 6.45) is 6.99. The summed E-state index contributed by atoms with van der Waals surface area (Å²) in [6.45, 7) is 7.97. The molecule has 128 valence electrons. The predicted molar refractivity (Wildman–Crippen MR) is 97.9 cm³/mol. The lowest BCUT2D eigenvalue weighted by molar-refractivity contribution is 0.0966. The lowest BCUT2D eigenvalue weighted by Gasteiger charge is -2.40. The summed E-state index contributed by atoms with van der Waals surface area (Å²) in [4.78, 5) is 5.33. The largest absolute Gasteiger partial charge is 0.314 e. The first kappa shape index (κ1) is 16.9. The summed E-state index contributed by atoms with van der Waals surface area (Å²) in [5.74, 6) is 0. The highest BCUT2D eigenvalue weighted by molar-refractivity contribution is 5.24. The summed E-state index contributed by atoms with van der Waals surface area (Å²) in [7, 11) is 2.36. The first-order chi connectivity index (χ1) is 11.2. The smallest absolute Gasteiger partial charge is 0.0475 e. The third-order valence-corrected chi connectivity index (χ3v) is 5.75. The van der Waals surface area contributed by atoms with E-state index in [1.54, 1.807) is 0 Å². The Balaban J connectivity index is 1.75. The van der Waals surface area contributed by atoms with E-state index in [1.807, 2.05) is 0 Å². The fraction of sp³-hybridized carbons (Fsp3) is 0.700. The molecular weight excluding hydrogens is 282 g/mol. The van der Waals surface area contributed by atoms with E-state index in [0.29, 0.717) is 6.04 Å². The van der Waals surface area contributed by atoms with Crippen LogP contribution in [0.15, 0.2) is 24.3 Å². The zero-order chi connectivity index (χ0) is 16.1. The quantitative estimate of drug-likeness (QED) is 0.900. The zero-order valence-electron chi connectivity index (χ0n) is 14.9. The van der Waals surface area contributed by atoms with Crippen molar-refractivity contribution < 1.29 is 0 Å². The predicted octanol–water partition coefficient (Wildman–Crippen LogP) is 3.21. The van der Waals surface area contributed by atoms with Crippen molar-refractivity contribution in [1.29, 1.82) is 0 Å². The number of benzene rings is 1. The number of nitrogens with one attached hydrogen (secondary N) is 1. The van der Waals surface area contributed by atoms with Gasteiger partial charge < -0.3 is 5.32 Å². The molecule has 0 amide bonds. The first-order valence-electron chi connectivity index (χ1n) is 9.45. The van der Waals surface area contributed by atoms with Gasteiger partial charge in [0.25, 0.3) is 0 Å². The molecule has 1 aromatic rings. The molecule has 1 unspecified atom stereocenters. The number of piperazine rings is 1. The second kappa shape index (κ2) is 8.27. The molecule has 1 N–H and O–H groups in total. The zero-order valence-corrected chi connectivity index (χ0v) is 14.9. The van der Waals surface area contributed by atoms with Crippen LogP contribution in [0.5, 0.6) is 0 Å². The van der Waals surface area contributed by atoms with Crippen molar-refractivity contribution in [2.45, 2.75) is 51.1 Å². The number of hydrogen-bond acceptors (Lipinski definition) is 3. The van der Waals surface area contributed by atoms with E-state index in [1.165, 1.54) is 56.3 Å². The molecular formula is C20H33N3. The number of aryl methyl sites for hydroxylation is 1. The normalized spacial score (nSPS) is 22.4. The molecule has 0 bridgehead atoms. The van der Waals surface area contributed by atoms with Gasteiger partial charge in [-0.05, 0) is 32.4 Å². The van der Waals surface area contributed by atoms with Crippen molar-refractivity contribution in [3.63, 3.8) is 0 Å². The van der Waals surface area contributed by atoms with E-state index in [2.05, 4.69) is 53.4 Å². The van der Waals surface area contributed by atoms with Crippen LogP contribution in [0.2, 0.25) is 0 Å². The van der Waals surface area contributed by atoms with E-state index in [-0.39, 0.29) is 0 Å². The number of nitrogens with zero attached hydrogens (tertiary/aromatic N) is 2. The van der Waals surface area contributed by atoms with Crippen LogP contribution in [0, 0.1) is 6.92 Å². The molecule has 1 saturated carbocycles. The topological polar surface area (TPSA) is 18.5 Å². The Labute approximate surface area is 142 Å². The molecule has 1 aromatic carbocycles. The van der Waals surface area contributed by atoms with E-state index < -0.39 is 0 Å². The average Bonchev–Trinajstić information content (AvgIpc) is 2.62. The Morgan fingerprint density at radius 1 is 1.09 bits per heavy atom. The molecule has 3 nitrogen and oxygen atoms in total. The summed E-state index contributed by atoms with van der Waals surface area (Å²) >= 11 is 0. The minimum Gasteiger partial charge on any atom is -0.314 e. The molecule has 1 aliphatic heterocycles. The molecule has 2 fully saturated rings. The van der Waals surface area contributed by atoms with E-state index in [4.69, 9.17) is 0 Å². The van der Waals surface area contributed by atoms with E-state index in [0.717, 1.165) is 25.7 Å². The van der Waals surface area contributed by atoms with Crippen LogP contribution in [-0.4, -0.2) is 55.6 Å². The molecule has 3 rings (SSSR count). The Morgan fingerprint density at radius 2 is 1.74 bits per heavy atom. The summed E-state index contributed by atoms with van der Waals surface area (Å²) in [5, 5.41) is 3.47. The maximum atomic E-state index is 3.47. The van der Waals surface area contributed by atoms with Gasteiger partial charge in [-0.25, -0.2) is 0 Å². The van der Waals surface area contributed by atoms with Crippen LogP contribution < -0.4 is 5.32 Å². The second-order valence-corrected chi connectivity index (χ2v) is 7.43. The van der Waals surface area contributed by atoms with Gasteiger partial charge in [-0.2, -0.15) is 0 Å². The molecule has 23 heavy (non-hydrogen) atoms. The molecule has 0 spiro atoms. The molecule has 3 heteroatoms. The Hall–Kier alpha value is -0.900. The van der Waals surface area contributed by atoms with Gasteiger partial charge in [0, 0.05) is 44.8 Å². The van der Waals surface area contributed by atoms with Crippen molar-refractivity contribution in [2.24, 2.45) is 0 Å². The van der Waals surface area contributed by atoms with Crippen LogP contribution in [-0.2, 0) is 0 Å². The van der Waals surface area contributed by atoms with Gasteiger partial charge in [0.2, 0.25) is 0 Å². The lowest BCUT2D eigenvalue weighted by Crippen LogP contribution is -2.48. The average molecular weight is 316 g/mol. The van der Waals surface area contributed by atoms with E-state index >= 15 is 0 Å². The third kappa shape index (κ3) is 4.56. The van der Waals surface area contributed by atoms with Crippen molar-refractivity contribution in [3.8, 4) is 0 Å². The van der Waals surface area contributed by atoms with Gasteiger partial charge >= 0.3 is 0 Å². The fourth-order valence-electron chi connectivity index (χ4n) is 4.14. The maximum Gasteiger partial charge on any atom is 0.0475 e. The fourth-order valence-corrected chi connectivity index (χ4v) is 4.14. The molecule has 0 radical (unpaired) electrons.